The van der Waals surface area contributed by atoms with E-state index in [2.05, 4.69) is 26.1 Å². The van der Waals surface area contributed by atoms with Crippen LogP contribution in [0.3, 0.4) is 0 Å². The molecule has 0 aliphatic rings. The van der Waals surface area contributed by atoms with Gasteiger partial charge in [-0.25, -0.2) is 0 Å². The molecule has 0 aromatic heterocycles. The molecule has 0 aliphatic carbocycles. The second kappa shape index (κ2) is 5.31. The zero-order valence-electron chi connectivity index (χ0n) is 11.8. The Labute approximate surface area is 115 Å². The Morgan fingerprint density at radius 3 is 2.22 bits per heavy atom. The van der Waals surface area contributed by atoms with Crippen molar-refractivity contribution in [2.45, 2.75) is 45.6 Å². The van der Waals surface area contributed by atoms with Gasteiger partial charge in [-0.2, -0.15) is 0 Å². The number of nitrogens with one attached hydrogen (secondary N) is 1. The van der Waals surface area contributed by atoms with Crippen molar-refractivity contribution in [3.63, 3.8) is 0 Å². The molecule has 1 aromatic rings. The first-order valence-electron chi connectivity index (χ1n) is 6.15. The molecule has 0 spiro atoms. The average molecular weight is 268 g/mol. The van der Waals surface area contributed by atoms with E-state index in [-0.39, 0.29) is 11.3 Å². The third kappa shape index (κ3) is 3.74. The quantitative estimate of drug-likeness (QED) is 0.831. The summed E-state index contributed by atoms with van der Waals surface area (Å²) in [7, 11) is 0. The van der Waals surface area contributed by atoms with Crippen LogP contribution < -0.4 is 5.32 Å². The largest absolute Gasteiger partial charge is 0.346 e. The van der Waals surface area contributed by atoms with Crippen LogP contribution in [0.25, 0.3) is 0 Å². The lowest BCUT2D eigenvalue weighted by Crippen LogP contribution is -2.45. The number of hydrogen-bond donors (Lipinski definition) is 1. The standard InChI is InChI=1S/C15H22ClNO/c1-14(2,3)12-9-7-6-8-11(12)13(18)17-15(4,5)10-16/h6-9H,10H2,1-5H3,(H,17,18). The monoisotopic (exact) mass is 267 g/mol. The van der Waals surface area contributed by atoms with Gasteiger partial charge in [-0.05, 0) is 30.9 Å². The van der Waals surface area contributed by atoms with E-state index in [1.807, 2.05) is 38.1 Å². The molecule has 1 aromatic carbocycles. The predicted molar refractivity (Wildman–Crippen MR) is 77.4 cm³/mol. The minimum atomic E-state index is -0.399. The summed E-state index contributed by atoms with van der Waals surface area (Å²) in [5, 5.41) is 2.96. The van der Waals surface area contributed by atoms with Crippen molar-refractivity contribution < 1.29 is 4.79 Å². The fraction of sp³-hybridized carbons (Fsp3) is 0.533. The molecule has 2 nitrogen and oxygen atoms in total. The maximum Gasteiger partial charge on any atom is 0.252 e. The van der Waals surface area contributed by atoms with E-state index >= 15 is 0 Å². The number of alkyl halides is 1. The van der Waals surface area contributed by atoms with Crippen molar-refractivity contribution in [1.29, 1.82) is 0 Å². The highest BCUT2D eigenvalue weighted by Gasteiger charge is 2.25. The number of carbonyl (C=O) groups is 1. The highest BCUT2D eigenvalue weighted by Crippen LogP contribution is 2.26. The van der Waals surface area contributed by atoms with Crippen LogP contribution in [-0.2, 0) is 5.41 Å². The SMILES string of the molecule is CC(C)(CCl)NC(=O)c1ccccc1C(C)(C)C. The Hall–Kier alpha value is -1.02. The highest BCUT2D eigenvalue weighted by atomic mass is 35.5. The van der Waals surface area contributed by atoms with Crippen LogP contribution >= 0.6 is 11.6 Å². The molecule has 3 heteroatoms. The van der Waals surface area contributed by atoms with Gasteiger partial charge in [-0.15, -0.1) is 11.6 Å². The van der Waals surface area contributed by atoms with Gasteiger partial charge in [0.05, 0.1) is 0 Å². The first kappa shape index (κ1) is 15.0. The Bertz CT molecular complexity index is 432. The van der Waals surface area contributed by atoms with Crippen LogP contribution in [0.1, 0.15) is 50.5 Å². The van der Waals surface area contributed by atoms with E-state index in [9.17, 15) is 4.79 Å². The van der Waals surface area contributed by atoms with Crippen molar-refractivity contribution >= 4 is 17.5 Å². The van der Waals surface area contributed by atoms with Gasteiger partial charge < -0.3 is 5.32 Å². The van der Waals surface area contributed by atoms with Gasteiger partial charge in [0.1, 0.15) is 0 Å². The third-order valence-corrected chi connectivity index (χ3v) is 3.43. The van der Waals surface area contributed by atoms with Gasteiger partial charge in [-0.1, -0.05) is 39.0 Å². The number of halogens is 1. The van der Waals surface area contributed by atoms with Crippen molar-refractivity contribution in [1.82, 2.24) is 5.32 Å². The molecule has 0 bridgehead atoms. The fourth-order valence-electron chi connectivity index (χ4n) is 1.74. The van der Waals surface area contributed by atoms with Crippen LogP contribution in [0.15, 0.2) is 24.3 Å². The van der Waals surface area contributed by atoms with E-state index in [1.165, 1.54) is 0 Å². The molecule has 1 N–H and O–H groups in total. The van der Waals surface area contributed by atoms with E-state index in [0.717, 1.165) is 11.1 Å². The van der Waals surface area contributed by atoms with Crippen LogP contribution in [0.4, 0.5) is 0 Å². The Balaban J connectivity index is 3.07. The second-order valence-electron chi connectivity index (χ2n) is 6.27. The summed E-state index contributed by atoms with van der Waals surface area (Å²) in [6.45, 7) is 10.1. The number of hydrogen-bond acceptors (Lipinski definition) is 1. The summed E-state index contributed by atoms with van der Waals surface area (Å²) in [6.07, 6.45) is 0. The van der Waals surface area contributed by atoms with Gasteiger partial charge in [0.25, 0.3) is 5.91 Å². The summed E-state index contributed by atoms with van der Waals surface area (Å²) < 4.78 is 0. The Morgan fingerprint density at radius 1 is 1.17 bits per heavy atom. The topological polar surface area (TPSA) is 29.1 Å². The molecule has 1 amide bonds. The zero-order valence-corrected chi connectivity index (χ0v) is 12.6. The first-order valence-corrected chi connectivity index (χ1v) is 6.69. The van der Waals surface area contributed by atoms with Crippen LogP contribution in [-0.4, -0.2) is 17.3 Å². The molecule has 0 saturated heterocycles. The molecular weight excluding hydrogens is 246 g/mol. The average Bonchev–Trinajstić information content (AvgIpc) is 2.27. The molecule has 0 saturated carbocycles. The van der Waals surface area contributed by atoms with E-state index in [1.54, 1.807) is 0 Å². The zero-order chi connectivity index (χ0) is 14.0. The summed E-state index contributed by atoms with van der Waals surface area (Å²) in [5.41, 5.74) is 1.32. The minimum absolute atomic E-state index is 0.0565. The predicted octanol–water partition coefficient (Wildman–Crippen LogP) is 3.73. The van der Waals surface area contributed by atoms with E-state index in [4.69, 9.17) is 11.6 Å². The van der Waals surface area contributed by atoms with Crippen molar-refractivity contribution in [3.05, 3.63) is 35.4 Å². The summed E-state index contributed by atoms with van der Waals surface area (Å²) >= 11 is 5.84. The lowest BCUT2D eigenvalue weighted by molar-refractivity contribution is 0.0918. The van der Waals surface area contributed by atoms with E-state index in [0.29, 0.717) is 5.88 Å². The molecular formula is C15H22ClNO. The molecule has 0 aliphatic heterocycles. The van der Waals surface area contributed by atoms with Gasteiger partial charge in [0.15, 0.2) is 0 Å². The number of benzene rings is 1. The lowest BCUT2D eigenvalue weighted by Gasteiger charge is -2.27. The number of amides is 1. The molecule has 0 radical (unpaired) electrons. The fourth-order valence-corrected chi connectivity index (χ4v) is 1.81. The number of carbonyl (C=O) groups excluding carboxylic acids is 1. The summed E-state index contributed by atoms with van der Waals surface area (Å²) in [6, 6.07) is 7.71. The van der Waals surface area contributed by atoms with Gasteiger partial charge >= 0.3 is 0 Å². The van der Waals surface area contributed by atoms with E-state index < -0.39 is 5.54 Å². The Morgan fingerprint density at radius 2 is 1.72 bits per heavy atom. The number of rotatable bonds is 3. The molecule has 0 fully saturated rings. The van der Waals surface area contributed by atoms with Gasteiger partial charge in [0.2, 0.25) is 0 Å². The highest BCUT2D eigenvalue weighted by molar-refractivity contribution is 6.18. The molecule has 0 atom stereocenters. The summed E-state index contributed by atoms with van der Waals surface area (Å²) in [5.74, 6) is 0.322. The normalized spacial score (nSPS) is 12.3. The molecule has 100 valence electrons. The lowest BCUT2D eigenvalue weighted by atomic mass is 9.83. The molecule has 0 unspecified atom stereocenters. The molecule has 0 heterocycles. The molecule has 18 heavy (non-hydrogen) atoms. The van der Waals surface area contributed by atoms with Crippen molar-refractivity contribution in [2.24, 2.45) is 0 Å². The van der Waals surface area contributed by atoms with Crippen molar-refractivity contribution in [3.8, 4) is 0 Å². The van der Waals surface area contributed by atoms with Crippen LogP contribution in [0.5, 0.6) is 0 Å². The maximum atomic E-state index is 12.3. The van der Waals surface area contributed by atoms with Crippen LogP contribution in [0.2, 0.25) is 0 Å². The third-order valence-electron chi connectivity index (χ3n) is 2.77. The first-order chi connectivity index (χ1) is 8.17. The van der Waals surface area contributed by atoms with Crippen LogP contribution in [0, 0.1) is 0 Å². The van der Waals surface area contributed by atoms with Gasteiger partial charge in [0, 0.05) is 17.0 Å². The molecule has 1 rings (SSSR count). The Kier molecular flexibility index (Phi) is 4.44. The smallest absolute Gasteiger partial charge is 0.252 e. The minimum Gasteiger partial charge on any atom is -0.346 e. The maximum absolute atomic E-state index is 12.3. The van der Waals surface area contributed by atoms with Crippen molar-refractivity contribution in [2.75, 3.05) is 5.88 Å². The second-order valence-corrected chi connectivity index (χ2v) is 6.53. The van der Waals surface area contributed by atoms with Gasteiger partial charge in [-0.3, -0.25) is 4.79 Å². The summed E-state index contributed by atoms with van der Waals surface area (Å²) in [4.78, 5) is 12.3.